The van der Waals surface area contributed by atoms with Crippen LogP contribution in [-0.4, -0.2) is 81.8 Å². The van der Waals surface area contributed by atoms with Crippen molar-refractivity contribution in [1.29, 1.82) is 0 Å². The Morgan fingerprint density at radius 3 is 2.04 bits per heavy atom. The minimum absolute atomic E-state index is 0.0439. The second kappa shape index (κ2) is 17.8. The number of aryl methyl sites for hydroxylation is 2. The number of benzene rings is 4. The summed E-state index contributed by atoms with van der Waals surface area (Å²) >= 11 is 0. The number of amides is 3. The quantitative estimate of drug-likeness (QED) is 0.0746. The molecule has 0 aliphatic carbocycles. The molecule has 0 aliphatic heterocycles. The third-order valence-corrected chi connectivity index (χ3v) is 8.95. The fourth-order valence-corrected chi connectivity index (χ4v) is 5.97. The Bertz CT molecular complexity index is 2090. The first kappa shape index (κ1) is 38.0. The van der Waals surface area contributed by atoms with E-state index in [1.54, 1.807) is 37.4 Å². The minimum Gasteiger partial charge on any atom is -0.481 e. The van der Waals surface area contributed by atoms with Gasteiger partial charge in [-0.05, 0) is 85.5 Å². The largest absolute Gasteiger partial charge is 0.481 e. The number of carbonyl (C=O) groups excluding carboxylic acids is 3. The van der Waals surface area contributed by atoms with Gasteiger partial charge in [-0.1, -0.05) is 54.6 Å². The van der Waals surface area contributed by atoms with E-state index in [1.165, 1.54) is 4.90 Å². The third-order valence-electron chi connectivity index (χ3n) is 8.95. The van der Waals surface area contributed by atoms with E-state index in [-0.39, 0.29) is 41.9 Å². The molecule has 5 rings (SSSR count). The zero-order valence-corrected chi connectivity index (χ0v) is 29.7. The van der Waals surface area contributed by atoms with Gasteiger partial charge in [-0.2, -0.15) is 0 Å². The van der Waals surface area contributed by atoms with Crippen molar-refractivity contribution in [2.75, 3.05) is 37.8 Å². The number of carboxylic acids is 2. The summed E-state index contributed by atoms with van der Waals surface area (Å²) in [5, 5.41) is 24.5. The molecule has 0 saturated carbocycles. The molecule has 1 aromatic heterocycles. The molecule has 12 nitrogen and oxygen atoms in total. The van der Waals surface area contributed by atoms with E-state index in [1.807, 2.05) is 78.7 Å². The maximum atomic E-state index is 13.7. The lowest BCUT2D eigenvalue weighted by Gasteiger charge is -2.22. The number of aromatic nitrogens is 1. The molecule has 0 bridgehead atoms. The van der Waals surface area contributed by atoms with Crippen molar-refractivity contribution in [3.8, 4) is 0 Å². The predicted octanol–water partition coefficient (Wildman–Crippen LogP) is 6.30. The molecule has 4 aromatic carbocycles. The fourth-order valence-electron chi connectivity index (χ4n) is 5.97. The number of nitrogens with one attached hydrogen (secondary N) is 3. The van der Waals surface area contributed by atoms with E-state index in [9.17, 15) is 24.0 Å². The molecule has 0 unspecified atom stereocenters. The number of likely N-dealkylation sites (N-methyl/N-ethyl adjacent to an activating group) is 2. The summed E-state index contributed by atoms with van der Waals surface area (Å²) in [6, 6.07) is 29.0. The summed E-state index contributed by atoms with van der Waals surface area (Å²) in [7, 11) is 3.55. The summed E-state index contributed by atoms with van der Waals surface area (Å²) in [4.78, 5) is 68.0. The number of aromatic amines is 1. The maximum Gasteiger partial charge on any atom is 0.335 e. The average molecular weight is 718 g/mol. The van der Waals surface area contributed by atoms with Crippen LogP contribution in [0.1, 0.15) is 67.0 Å². The smallest absolute Gasteiger partial charge is 0.335 e. The first-order valence-corrected chi connectivity index (χ1v) is 17.3. The van der Waals surface area contributed by atoms with Gasteiger partial charge < -0.3 is 35.6 Å². The fraction of sp³-hybridized carbons (Fsp3) is 0.244. The Morgan fingerprint density at radius 2 is 1.36 bits per heavy atom. The molecule has 0 saturated heterocycles. The standard InChI is InChI=1S/C41H43N5O7/c1-45(23-24-46(2)35(47)21-22-36(48)49)26-29-9-6-10-31(25-29)39(50)44-38-37(33-11-3-4-12-34(33)43-38)40(51)42-32-19-15-28(16-20-32)8-5-7-27-13-17-30(18-14-27)41(52)53/h3-4,6,9-20,25,43H,5,7-8,21-24,26H2,1-2H3,(H,42,51)(H,44,50)(H,48,49)(H,52,53). The van der Waals surface area contributed by atoms with Crippen LogP contribution in [0.4, 0.5) is 11.5 Å². The van der Waals surface area contributed by atoms with Crippen molar-refractivity contribution in [2.45, 2.75) is 38.6 Å². The lowest BCUT2D eigenvalue weighted by atomic mass is 10.0. The van der Waals surface area contributed by atoms with Crippen LogP contribution in [0.3, 0.4) is 0 Å². The van der Waals surface area contributed by atoms with E-state index in [0.29, 0.717) is 47.4 Å². The van der Waals surface area contributed by atoms with Crippen LogP contribution < -0.4 is 10.6 Å². The van der Waals surface area contributed by atoms with E-state index >= 15 is 0 Å². The van der Waals surface area contributed by atoms with Gasteiger partial charge in [0, 0.05) is 55.3 Å². The van der Waals surface area contributed by atoms with E-state index in [2.05, 4.69) is 15.6 Å². The molecule has 5 N–H and O–H groups in total. The Kier molecular flexibility index (Phi) is 12.7. The first-order valence-electron chi connectivity index (χ1n) is 17.3. The molecule has 0 atom stereocenters. The van der Waals surface area contributed by atoms with Crippen molar-refractivity contribution in [2.24, 2.45) is 0 Å². The van der Waals surface area contributed by atoms with Crippen LogP contribution in [0.25, 0.3) is 10.9 Å². The van der Waals surface area contributed by atoms with Crippen molar-refractivity contribution < 1.29 is 34.2 Å². The molecule has 53 heavy (non-hydrogen) atoms. The third kappa shape index (κ3) is 10.6. The summed E-state index contributed by atoms with van der Waals surface area (Å²) in [5.41, 5.74) is 5.36. The van der Waals surface area contributed by atoms with Gasteiger partial charge in [0.05, 0.1) is 17.5 Å². The van der Waals surface area contributed by atoms with Gasteiger partial charge in [0.25, 0.3) is 11.8 Å². The lowest BCUT2D eigenvalue weighted by Crippen LogP contribution is -2.34. The second-order valence-electron chi connectivity index (χ2n) is 13.0. The van der Waals surface area contributed by atoms with Gasteiger partial charge >= 0.3 is 11.9 Å². The molecule has 1 heterocycles. The van der Waals surface area contributed by atoms with Gasteiger partial charge in [-0.25, -0.2) is 4.79 Å². The summed E-state index contributed by atoms with van der Waals surface area (Å²) < 4.78 is 0. The predicted molar refractivity (Wildman–Crippen MR) is 203 cm³/mol. The minimum atomic E-state index is -1.01. The van der Waals surface area contributed by atoms with E-state index in [0.717, 1.165) is 36.0 Å². The number of H-pyrrole nitrogens is 1. The first-order chi connectivity index (χ1) is 25.5. The molecule has 0 spiro atoms. The molecule has 0 radical (unpaired) electrons. The zero-order chi connectivity index (χ0) is 37.9. The van der Waals surface area contributed by atoms with Gasteiger partial charge in [0.2, 0.25) is 5.91 Å². The summed E-state index contributed by atoms with van der Waals surface area (Å²) in [6.45, 7) is 1.49. The number of aliphatic carboxylic acids is 1. The van der Waals surface area contributed by atoms with Gasteiger partial charge in [-0.3, -0.25) is 19.2 Å². The number of rotatable bonds is 17. The van der Waals surface area contributed by atoms with Gasteiger partial charge in [0.1, 0.15) is 5.82 Å². The number of anilines is 2. The highest BCUT2D eigenvalue weighted by atomic mass is 16.4. The molecular formula is C41H43N5O7. The normalized spacial score (nSPS) is 11.0. The lowest BCUT2D eigenvalue weighted by molar-refractivity contribution is -0.140. The van der Waals surface area contributed by atoms with Crippen LogP contribution in [-0.2, 0) is 29.0 Å². The van der Waals surface area contributed by atoms with Crippen molar-refractivity contribution in [1.82, 2.24) is 14.8 Å². The van der Waals surface area contributed by atoms with Crippen LogP contribution in [0.2, 0.25) is 0 Å². The maximum absolute atomic E-state index is 13.7. The highest BCUT2D eigenvalue weighted by Crippen LogP contribution is 2.28. The number of para-hydroxylation sites is 1. The Hall–Kier alpha value is -6.27. The van der Waals surface area contributed by atoms with Crippen molar-refractivity contribution in [3.05, 3.63) is 130 Å². The molecule has 274 valence electrons. The van der Waals surface area contributed by atoms with Crippen LogP contribution >= 0.6 is 0 Å². The van der Waals surface area contributed by atoms with Gasteiger partial charge in [-0.15, -0.1) is 0 Å². The number of fused-ring (bicyclic) bond motifs is 1. The number of aromatic carboxylic acids is 1. The highest BCUT2D eigenvalue weighted by Gasteiger charge is 2.21. The van der Waals surface area contributed by atoms with Crippen molar-refractivity contribution in [3.63, 3.8) is 0 Å². The number of hydrogen-bond donors (Lipinski definition) is 5. The molecule has 0 aliphatic rings. The number of hydrogen-bond acceptors (Lipinski definition) is 6. The van der Waals surface area contributed by atoms with Crippen molar-refractivity contribution >= 4 is 52.1 Å². The van der Waals surface area contributed by atoms with Crippen LogP contribution in [0, 0.1) is 0 Å². The SMILES string of the molecule is CN(CCN(C)C(=O)CCC(=O)O)Cc1cccc(C(=O)Nc2[nH]c3ccccc3c2C(=O)Nc2ccc(CCCc3ccc(C(=O)O)cc3)cc2)c1. The average Bonchev–Trinajstić information content (AvgIpc) is 3.51. The molecule has 0 fully saturated rings. The Balaban J connectivity index is 1.19. The van der Waals surface area contributed by atoms with E-state index in [4.69, 9.17) is 10.2 Å². The monoisotopic (exact) mass is 717 g/mol. The summed E-state index contributed by atoms with van der Waals surface area (Å²) in [5.74, 6) is -2.66. The molecule has 12 heteroatoms. The number of carboxylic acid groups (broad SMARTS) is 2. The zero-order valence-electron chi connectivity index (χ0n) is 29.7. The van der Waals surface area contributed by atoms with Gasteiger partial charge in [0.15, 0.2) is 0 Å². The topological polar surface area (TPSA) is 172 Å². The molecule has 5 aromatic rings. The summed E-state index contributed by atoms with van der Waals surface area (Å²) in [6.07, 6.45) is 2.27. The second-order valence-corrected chi connectivity index (χ2v) is 13.0. The number of nitrogens with zero attached hydrogens (tertiary/aromatic N) is 2. The number of carbonyl (C=O) groups is 5. The Labute approximate surface area is 307 Å². The highest BCUT2D eigenvalue weighted by molar-refractivity contribution is 6.19. The van der Waals surface area contributed by atoms with E-state index < -0.39 is 11.9 Å². The van der Waals surface area contributed by atoms with Crippen LogP contribution in [0.15, 0.2) is 97.1 Å². The van der Waals surface area contributed by atoms with Crippen LogP contribution in [0.5, 0.6) is 0 Å². The molecule has 3 amide bonds. The molecular weight excluding hydrogens is 674 g/mol. The Morgan fingerprint density at radius 1 is 0.679 bits per heavy atom.